The van der Waals surface area contributed by atoms with Crippen LogP contribution in [0.3, 0.4) is 0 Å². The third kappa shape index (κ3) is 5.17. The van der Waals surface area contributed by atoms with Gasteiger partial charge in [-0.05, 0) is 0 Å². The number of nitrogens with two attached hydrogens (primary N) is 1. The summed E-state index contributed by atoms with van der Waals surface area (Å²) in [5.74, 6) is -4.25. The Balaban J connectivity index is 2.34. The maximum atomic E-state index is 11.8. The largest absolute Gasteiger partial charge is 0.456 e. The molecule has 0 aliphatic carbocycles. The van der Waals surface area contributed by atoms with Crippen LogP contribution in [0.1, 0.15) is 35.3 Å². The summed E-state index contributed by atoms with van der Waals surface area (Å²) < 4.78 is 47.4. The summed E-state index contributed by atoms with van der Waals surface area (Å²) in [6.07, 6.45) is -4.73. The van der Waals surface area contributed by atoms with Crippen molar-refractivity contribution < 1.29 is 47.0 Å². The van der Waals surface area contributed by atoms with Crippen LogP contribution in [0.25, 0.3) is 0 Å². The average molecular weight is 388 g/mol. The normalized spacial score (nSPS) is 26.0. The van der Waals surface area contributed by atoms with E-state index in [0.29, 0.717) is 0 Å². The number of aromatic nitrogens is 2. The van der Waals surface area contributed by atoms with E-state index >= 15 is 0 Å². The summed E-state index contributed by atoms with van der Waals surface area (Å²) in [7, 11) is 0. The Morgan fingerprint density at radius 2 is 1.78 bits per heavy atom. The molecular formula is C15H19N3O9. The van der Waals surface area contributed by atoms with E-state index in [1.807, 2.05) is 0 Å². The summed E-state index contributed by atoms with van der Waals surface area (Å²) >= 11 is 0. The molecule has 12 nitrogen and oxygen atoms in total. The molecule has 148 valence electrons. The van der Waals surface area contributed by atoms with E-state index in [1.165, 1.54) is 0 Å². The highest BCUT2D eigenvalue weighted by Crippen LogP contribution is 2.27. The van der Waals surface area contributed by atoms with Crippen molar-refractivity contribution >= 4 is 23.8 Å². The number of hydrogen-bond acceptors (Lipinski definition) is 10. The van der Waals surface area contributed by atoms with Crippen molar-refractivity contribution in [2.45, 2.75) is 45.3 Å². The van der Waals surface area contributed by atoms with E-state index in [2.05, 4.69) is 9.97 Å². The summed E-state index contributed by atoms with van der Waals surface area (Å²) in [6.45, 7) is -2.72. The van der Waals surface area contributed by atoms with Gasteiger partial charge in [0, 0.05) is 24.8 Å². The number of imidazole rings is 1. The number of rotatable bonds is 6. The first-order chi connectivity index (χ1) is 14.3. The van der Waals surface area contributed by atoms with Crippen molar-refractivity contribution in [3.05, 3.63) is 12.0 Å². The molecule has 0 bridgehead atoms. The first-order valence-electron chi connectivity index (χ1n) is 9.50. The van der Waals surface area contributed by atoms with Gasteiger partial charge in [0.25, 0.3) is 5.91 Å². The zero-order valence-electron chi connectivity index (χ0n) is 16.9. The van der Waals surface area contributed by atoms with E-state index < -0.39 is 75.7 Å². The summed E-state index contributed by atoms with van der Waals surface area (Å²) in [5, 5.41) is 0. The molecule has 1 unspecified atom stereocenters. The van der Waals surface area contributed by atoms with E-state index in [0.717, 1.165) is 6.33 Å². The number of aromatic amines is 1. The van der Waals surface area contributed by atoms with Crippen molar-refractivity contribution in [3.63, 3.8) is 0 Å². The number of H-pyrrole nitrogens is 1. The zero-order valence-corrected chi connectivity index (χ0v) is 13.9. The molecule has 2 rings (SSSR count). The first-order valence-corrected chi connectivity index (χ1v) is 7.38. The van der Waals surface area contributed by atoms with Crippen molar-refractivity contribution in [1.82, 2.24) is 9.97 Å². The predicted molar refractivity (Wildman–Crippen MR) is 84.1 cm³/mol. The van der Waals surface area contributed by atoms with Gasteiger partial charge in [-0.1, -0.05) is 0 Å². The molecule has 1 aromatic rings. The van der Waals surface area contributed by atoms with Crippen LogP contribution >= 0.6 is 0 Å². The lowest BCUT2D eigenvalue weighted by Crippen LogP contribution is -2.59. The summed E-state index contributed by atoms with van der Waals surface area (Å²) in [6, 6.07) is 0. The minimum Gasteiger partial charge on any atom is -0.456 e. The third-order valence-corrected chi connectivity index (χ3v) is 3.28. The highest BCUT2D eigenvalue weighted by atomic mass is 16.7. The number of amides is 1. The lowest BCUT2D eigenvalue weighted by atomic mass is 10.0. The number of ether oxygens (including phenoxy) is 5. The maximum Gasteiger partial charge on any atom is 0.303 e. The second kappa shape index (κ2) is 8.49. The van der Waals surface area contributed by atoms with Gasteiger partial charge in [-0.2, -0.15) is 0 Å². The standard InChI is InChI=1S/C15H19N3O9/c1-6(19)24-9-4-23-15(27-14-10(13(16)22)17-5-18-14)12(26-8(3)21)11(9)25-7(2)20/h5,9,11-12,15H,4H2,1-3H3,(H2,16,22)(H,17,18)/t9-,11+,12+,15?/m1/s1/i1D,2D,3D. The van der Waals surface area contributed by atoms with Gasteiger partial charge in [-0.3, -0.25) is 19.2 Å². The van der Waals surface area contributed by atoms with Crippen LogP contribution in [0.4, 0.5) is 0 Å². The highest BCUT2D eigenvalue weighted by molar-refractivity contribution is 5.93. The summed E-state index contributed by atoms with van der Waals surface area (Å²) in [4.78, 5) is 52.7. The monoisotopic (exact) mass is 388 g/mol. The number of esters is 3. The third-order valence-electron chi connectivity index (χ3n) is 3.28. The molecule has 1 amide bonds. The molecular weight excluding hydrogens is 366 g/mol. The van der Waals surface area contributed by atoms with Gasteiger partial charge < -0.3 is 34.4 Å². The first kappa shape index (κ1) is 16.1. The lowest BCUT2D eigenvalue weighted by Gasteiger charge is -2.39. The topological polar surface area (TPSA) is 169 Å². The molecule has 0 spiro atoms. The molecule has 1 saturated heterocycles. The van der Waals surface area contributed by atoms with Crippen molar-refractivity contribution in [1.29, 1.82) is 0 Å². The fourth-order valence-corrected chi connectivity index (χ4v) is 2.34. The fourth-order valence-electron chi connectivity index (χ4n) is 2.34. The molecule has 27 heavy (non-hydrogen) atoms. The number of carbonyl (C=O) groups is 4. The number of nitrogens with zero attached hydrogens (tertiary/aromatic N) is 1. The Labute approximate surface area is 157 Å². The van der Waals surface area contributed by atoms with Gasteiger partial charge in [0.05, 0.1) is 12.9 Å². The number of nitrogens with one attached hydrogen (secondary N) is 1. The Morgan fingerprint density at radius 3 is 2.41 bits per heavy atom. The smallest absolute Gasteiger partial charge is 0.303 e. The predicted octanol–water partition coefficient (Wildman–Crippen LogP) is -0.961. The van der Waals surface area contributed by atoms with Gasteiger partial charge in [-0.15, -0.1) is 0 Å². The lowest BCUT2D eigenvalue weighted by molar-refractivity contribution is -0.260. The van der Waals surface area contributed by atoms with Gasteiger partial charge in [-0.25, -0.2) is 4.98 Å². The highest BCUT2D eigenvalue weighted by Gasteiger charge is 2.48. The molecule has 0 radical (unpaired) electrons. The Bertz CT molecular complexity index is 790. The molecule has 12 heteroatoms. The van der Waals surface area contributed by atoms with Crippen molar-refractivity contribution in [2.75, 3.05) is 6.61 Å². The molecule has 3 N–H and O–H groups in total. The van der Waals surface area contributed by atoms with E-state index in [9.17, 15) is 19.2 Å². The SMILES string of the molecule is [2H]CC(=O)O[C@@H]1[C@H](OC(=O)C[2H])C(Oc2nc[nH]c2C(N)=O)OC[C@H]1OC(=O)C[2H]. The van der Waals surface area contributed by atoms with Gasteiger partial charge in [0.2, 0.25) is 18.3 Å². The maximum absolute atomic E-state index is 11.8. The quantitative estimate of drug-likeness (QED) is 0.457. The molecule has 1 aromatic heterocycles. The van der Waals surface area contributed by atoms with Gasteiger partial charge >= 0.3 is 17.9 Å². The molecule has 0 saturated carbocycles. The number of carbonyl (C=O) groups excluding carboxylic acids is 4. The minimum absolute atomic E-state index is 0.216. The van der Waals surface area contributed by atoms with Crippen LogP contribution in [-0.4, -0.2) is 65.0 Å². The molecule has 1 aliphatic heterocycles. The second-order valence-corrected chi connectivity index (χ2v) is 5.20. The van der Waals surface area contributed by atoms with Crippen LogP contribution in [0.5, 0.6) is 5.88 Å². The Morgan fingerprint density at radius 1 is 1.15 bits per heavy atom. The van der Waals surface area contributed by atoms with Crippen LogP contribution < -0.4 is 10.5 Å². The average Bonchev–Trinajstić information content (AvgIpc) is 3.19. The summed E-state index contributed by atoms with van der Waals surface area (Å²) in [5.41, 5.74) is 4.98. The Hall–Kier alpha value is -3.15. The van der Waals surface area contributed by atoms with Crippen molar-refractivity contribution in [3.8, 4) is 5.88 Å². The number of hydrogen-bond donors (Lipinski definition) is 2. The van der Waals surface area contributed by atoms with Gasteiger partial charge in [0.1, 0.15) is 0 Å². The van der Waals surface area contributed by atoms with Crippen LogP contribution in [0, 0.1) is 0 Å². The van der Waals surface area contributed by atoms with Crippen LogP contribution in [0.2, 0.25) is 0 Å². The molecule has 1 aliphatic rings. The van der Waals surface area contributed by atoms with Crippen LogP contribution in [0.15, 0.2) is 6.33 Å². The zero-order chi connectivity index (χ0) is 22.3. The van der Waals surface area contributed by atoms with Crippen molar-refractivity contribution in [2.24, 2.45) is 5.73 Å². The van der Waals surface area contributed by atoms with Crippen LogP contribution in [-0.2, 0) is 33.3 Å². The second-order valence-electron chi connectivity index (χ2n) is 5.20. The molecule has 2 heterocycles. The van der Waals surface area contributed by atoms with E-state index in [1.54, 1.807) is 0 Å². The number of primary amides is 1. The Kier molecular flexibility index (Phi) is 5.05. The van der Waals surface area contributed by atoms with E-state index in [4.69, 9.17) is 33.5 Å². The fraction of sp³-hybridized carbons (Fsp3) is 0.533. The molecule has 1 fully saturated rings. The van der Waals surface area contributed by atoms with Gasteiger partial charge in [0.15, 0.2) is 17.9 Å². The minimum atomic E-state index is -1.56. The molecule has 4 atom stereocenters. The van der Waals surface area contributed by atoms with E-state index in [-0.39, 0.29) is 11.6 Å². The molecule has 0 aromatic carbocycles.